The minimum atomic E-state index is -0.725. The average molecular weight is 313 g/mol. The van der Waals surface area contributed by atoms with E-state index in [1.807, 2.05) is 73.8 Å². The van der Waals surface area contributed by atoms with Gasteiger partial charge in [-0.15, -0.1) is 11.8 Å². The Morgan fingerprint density at radius 2 is 1.68 bits per heavy atom. The highest BCUT2D eigenvalue weighted by Crippen LogP contribution is 2.33. The molecule has 2 aromatic carbocycles. The van der Waals surface area contributed by atoms with E-state index in [2.05, 4.69) is 10.7 Å². The topological polar surface area (TPSA) is 44.4 Å². The van der Waals surface area contributed by atoms with Crippen LogP contribution in [-0.4, -0.2) is 22.7 Å². The van der Waals surface area contributed by atoms with Crippen molar-refractivity contribution in [1.82, 2.24) is 10.3 Å². The number of hydrazine groups is 1. The van der Waals surface area contributed by atoms with Crippen LogP contribution in [0.5, 0.6) is 0 Å². The fourth-order valence-electron chi connectivity index (χ4n) is 2.62. The summed E-state index contributed by atoms with van der Waals surface area (Å²) in [5.74, 6) is 0.0157. The van der Waals surface area contributed by atoms with Crippen molar-refractivity contribution in [2.45, 2.75) is 18.0 Å². The van der Waals surface area contributed by atoms with Gasteiger partial charge in [-0.3, -0.25) is 15.5 Å². The van der Waals surface area contributed by atoms with Gasteiger partial charge < -0.3 is 0 Å². The molecule has 4 nitrogen and oxygen atoms in total. The largest absolute Gasteiger partial charge is 0.294 e. The zero-order valence-electron chi connectivity index (χ0n) is 12.6. The van der Waals surface area contributed by atoms with Crippen LogP contribution in [0.1, 0.15) is 12.5 Å². The number of hydrogen-bond acceptors (Lipinski definition) is 4. The van der Waals surface area contributed by atoms with Gasteiger partial charge in [0.05, 0.1) is 5.69 Å². The second kappa shape index (κ2) is 6.02. The number of carbonyl (C=O) groups is 1. The zero-order chi connectivity index (χ0) is 15.6. The van der Waals surface area contributed by atoms with Crippen molar-refractivity contribution in [3.8, 4) is 0 Å². The first-order valence-electron chi connectivity index (χ1n) is 7.16. The van der Waals surface area contributed by atoms with Crippen LogP contribution in [0, 0.1) is 0 Å². The quantitative estimate of drug-likeness (QED) is 0.911. The average Bonchev–Trinajstić information content (AvgIpc) is 2.82. The van der Waals surface area contributed by atoms with Crippen LogP contribution >= 0.6 is 11.8 Å². The number of rotatable bonds is 4. The van der Waals surface area contributed by atoms with Gasteiger partial charge in [0.1, 0.15) is 5.54 Å². The first kappa shape index (κ1) is 14.9. The van der Waals surface area contributed by atoms with E-state index in [9.17, 15) is 4.79 Å². The number of hydrogen-bond donors (Lipinski definition) is 2. The highest BCUT2D eigenvalue weighted by molar-refractivity contribution is 7.99. The predicted molar refractivity (Wildman–Crippen MR) is 91.1 cm³/mol. The molecule has 0 bridgehead atoms. The van der Waals surface area contributed by atoms with Crippen LogP contribution in [-0.2, 0) is 10.3 Å². The van der Waals surface area contributed by atoms with E-state index in [1.54, 1.807) is 16.8 Å². The van der Waals surface area contributed by atoms with Gasteiger partial charge in [0.2, 0.25) is 0 Å². The Morgan fingerprint density at radius 3 is 2.27 bits per heavy atom. The van der Waals surface area contributed by atoms with Gasteiger partial charge >= 0.3 is 0 Å². The fraction of sp³-hybridized carbons (Fsp3) is 0.235. The van der Waals surface area contributed by atoms with E-state index in [4.69, 9.17) is 0 Å². The smallest absolute Gasteiger partial charge is 0.267 e. The van der Waals surface area contributed by atoms with Crippen LogP contribution < -0.4 is 10.7 Å². The molecule has 1 aliphatic heterocycles. The molecular weight excluding hydrogens is 294 g/mol. The van der Waals surface area contributed by atoms with Gasteiger partial charge in [0, 0.05) is 0 Å². The van der Waals surface area contributed by atoms with Gasteiger partial charge in [-0.25, -0.2) is 5.01 Å². The molecule has 1 saturated heterocycles. The summed E-state index contributed by atoms with van der Waals surface area (Å²) < 4.78 is 0. The Bertz CT molecular complexity index is 649. The van der Waals surface area contributed by atoms with Gasteiger partial charge in [-0.2, -0.15) is 0 Å². The number of benzene rings is 2. The molecular formula is C17H19N3OS. The van der Waals surface area contributed by atoms with Crippen LogP contribution in [0.3, 0.4) is 0 Å². The number of anilines is 1. The predicted octanol–water partition coefficient (Wildman–Crippen LogP) is 3.01. The lowest BCUT2D eigenvalue weighted by Crippen LogP contribution is -2.41. The summed E-state index contributed by atoms with van der Waals surface area (Å²) in [7, 11) is 0. The third-order valence-electron chi connectivity index (χ3n) is 3.89. The SMILES string of the molecule is CSC1N[C@@](C)(c2ccccc2)C(=O)N1Nc1ccccc1. The van der Waals surface area contributed by atoms with Crippen LogP contribution in [0.25, 0.3) is 0 Å². The van der Waals surface area contributed by atoms with Crippen molar-refractivity contribution in [3.05, 3.63) is 66.2 Å². The fourth-order valence-corrected chi connectivity index (χ4v) is 3.34. The van der Waals surface area contributed by atoms with E-state index in [-0.39, 0.29) is 11.4 Å². The molecule has 3 rings (SSSR count). The number of carbonyl (C=O) groups excluding carboxylic acids is 1. The minimum Gasteiger partial charge on any atom is -0.294 e. The normalized spacial score (nSPS) is 24.5. The van der Waals surface area contributed by atoms with E-state index >= 15 is 0 Å². The van der Waals surface area contributed by atoms with Crippen molar-refractivity contribution in [3.63, 3.8) is 0 Å². The molecule has 1 heterocycles. The molecule has 0 radical (unpaired) electrons. The summed E-state index contributed by atoms with van der Waals surface area (Å²) in [6.45, 7) is 1.93. The van der Waals surface area contributed by atoms with Crippen LogP contribution in [0.2, 0.25) is 0 Å². The molecule has 0 aromatic heterocycles. The summed E-state index contributed by atoms with van der Waals surface area (Å²) in [6.07, 6.45) is 1.99. The van der Waals surface area contributed by atoms with E-state index in [0.717, 1.165) is 11.3 Å². The van der Waals surface area contributed by atoms with Crippen LogP contribution in [0.15, 0.2) is 60.7 Å². The molecule has 2 atom stereocenters. The molecule has 5 heteroatoms. The molecule has 1 amide bonds. The molecule has 2 N–H and O–H groups in total. The van der Waals surface area contributed by atoms with E-state index in [1.165, 1.54) is 0 Å². The third kappa shape index (κ3) is 2.58. The van der Waals surface area contributed by atoms with Gasteiger partial charge in [0.15, 0.2) is 5.50 Å². The monoisotopic (exact) mass is 313 g/mol. The first-order valence-corrected chi connectivity index (χ1v) is 8.45. The lowest BCUT2D eigenvalue weighted by molar-refractivity contribution is -0.131. The Morgan fingerprint density at radius 1 is 1.09 bits per heavy atom. The maximum Gasteiger partial charge on any atom is 0.267 e. The maximum atomic E-state index is 13.0. The minimum absolute atomic E-state index is 0.0157. The summed E-state index contributed by atoms with van der Waals surface area (Å²) in [5, 5.41) is 5.10. The second-order valence-corrected chi connectivity index (χ2v) is 6.29. The Hall–Kier alpha value is -1.98. The molecule has 1 unspecified atom stereocenters. The summed E-state index contributed by atoms with van der Waals surface area (Å²) in [6, 6.07) is 19.6. The van der Waals surface area contributed by atoms with E-state index in [0.29, 0.717) is 0 Å². The first-order chi connectivity index (χ1) is 10.6. The lowest BCUT2D eigenvalue weighted by Gasteiger charge is -2.24. The second-order valence-electron chi connectivity index (χ2n) is 5.38. The molecule has 1 fully saturated rings. The van der Waals surface area contributed by atoms with Crippen molar-refractivity contribution in [2.75, 3.05) is 11.7 Å². The van der Waals surface area contributed by atoms with E-state index < -0.39 is 5.54 Å². The molecule has 0 aliphatic carbocycles. The summed E-state index contributed by atoms with van der Waals surface area (Å²) in [4.78, 5) is 13.0. The molecule has 22 heavy (non-hydrogen) atoms. The number of amides is 1. The molecule has 2 aromatic rings. The third-order valence-corrected chi connectivity index (χ3v) is 4.67. The van der Waals surface area contributed by atoms with Gasteiger partial charge in [0.25, 0.3) is 5.91 Å². The Labute approximate surface area is 134 Å². The Kier molecular flexibility index (Phi) is 4.09. The molecule has 114 valence electrons. The molecule has 0 spiro atoms. The Balaban J connectivity index is 1.90. The summed E-state index contributed by atoms with van der Waals surface area (Å²) in [5.41, 5.74) is 4.23. The highest BCUT2D eigenvalue weighted by atomic mass is 32.2. The number of thioether (sulfide) groups is 1. The summed E-state index contributed by atoms with van der Waals surface area (Å²) >= 11 is 1.59. The maximum absolute atomic E-state index is 13.0. The van der Waals surface area contributed by atoms with Crippen molar-refractivity contribution in [1.29, 1.82) is 0 Å². The number of para-hydroxylation sites is 1. The zero-order valence-corrected chi connectivity index (χ0v) is 13.4. The molecule has 1 aliphatic rings. The lowest BCUT2D eigenvalue weighted by atomic mass is 9.92. The standard InChI is InChI=1S/C17H19N3OS/c1-17(13-9-5-3-6-10-13)15(21)20(16(18-17)22-2)19-14-11-7-4-8-12-14/h3-12,16,18-19H,1-2H3/t16?,17-/m0/s1. The number of nitrogens with one attached hydrogen (secondary N) is 2. The van der Waals surface area contributed by atoms with Crippen LogP contribution in [0.4, 0.5) is 5.69 Å². The van der Waals surface area contributed by atoms with Gasteiger partial charge in [-0.05, 0) is 30.9 Å². The van der Waals surface area contributed by atoms with Crippen molar-refractivity contribution < 1.29 is 4.79 Å². The highest BCUT2D eigenvalue weighted by Gasteiger charge is 2.49. The number of nitrogens with zero attached hydrogens (tertiary/aromatic N) is 1. The molecule has 0 saturated carbocycles. The van der Waals surface area contributed by atoms with Crippen molar-refractivity contribution >= 4 is 23.4 Å². The van der Waals surface area contributed by atoms with Crippen molar-refractivity contribution in [2.24, 2.45) is 0 Å². The van der Waals surface area contributed by atoms with Gasteiger partial charge in [-0.1, -0.05) is 48.5 Å².